The van der Waals surface area contributed by atoms with Crippen LogP contribution in [0, 0.1) is 0 Å². The van der Waals surface area contributed by atoms with Gasteiger partial charge in [0.25, 0.3) is 0 Å². The van der Waals surface area contributed by atoms with E-state index >= 15 is 0 Å². The van der Waals surface area contributed by atoms with E-state index in [1.165, 1.54) is 0 Å². The van der Waals surface area contributed by atoms with Gasteiger partial charge in [0.15, 0.2) is 17.3 Å². The van der Waals surface area contributed by atoms with E-state index < -0.39 is 0 Å². The van der Waals surface area contributed by atoms with Gasteiger partial charge in [-0.05, 0) is 23.8 Å². The Labute approximate surface area is 119 Å². The van der Waals surface area contributed by atoms with Crippen LogP contribution >= 0.6 is 15.9 Å². The first-order chi connectivity index (χ1) is 9.25. The maximum atomic E-state index is 12.4. The van der Waals surface area contributed by atoms with Crippen LogP contribution in [0.15, 0.2) is 48.5 Å². The molecule has 96 valence electrons. The van der Waals surface area contributed by atoms with Gasteiger partial charge >= 0.3 is 0 Å². The van der Waals surface area contributed by atoms with E-state index in [1.54, 1.807) is 18.2 Å². The van der Waals surface area contributed by atoms with Crippen LogP contribution in [0.5, 0.6) is 11.5 Å². The van der Waals surface area contributed by atoms with Crippen molar-refractivity contribution in [3.8, 4) is 11.5 Å². The number of ketones is 1. The molecule has 4 heteroatoms. The summed E-state index contributed by atoms with van der Waals surface area (Å²) in [6, 6.07) is 14.8. The summed E-state index contributed by atoms with van der Waals surface area (Å²) in [4.78, 5) is 12.0. The minimum Gasteiger partial charge on any atom is -0.454 e. The second kappa shape index (κ2) is 5.05. The van der Waals surface area contributed by atoms with Crippen LogP contribution in [-0.4, -0.2) is 12.6 Å². The Morgan fingerprint density at radius 3 is 2.58 bits per heavy atom. The number of halogens is 1. The highest BCUT2D eigenvalue weighted by Crippen LogP contribution is 2.35. The van der Waals surface area contributed by atoms with Crippen LogP contribution in [-0.2, 0) is 0 Å². The van der Waals surface area contributed by atoms with Crippen LogP contribution in [0.1, 0.15) is 20.7 Å². The Morgan fingerprint density at radius 2 is 1.79 bits per heavy atom. The summed E-state index contributed by atoms with van der Waals surface area (Å²) in [6.45, 7) is 0.212. The summed E-state index contributed by atoms with van der Waals surface area (Å²) in [5.41, 5.74) is 1.54. The average molecular weight is 319 g/mol. The maximum absolute atomic E-state index is 12.4. The number of carbonyl (C=O) groups excluding carboxylic acids is 1. The fraction of sp³-hybridized carbons (Fsp3) is 0.133. The first-order valence-electron chi connectivity index (χ1n) is 5.88. The number of alkyl halides is 1. The van der Waals surface area contributed by atoms with E-state index in [-0.39, 0.29) is 17.4 Å². The molecule has 3 rings (SSSR count). The molecule has 0 aliphatic carbocycles. The molecule has 0 N–H and O–H groups in total. The van der Waals surface area contributed by atoms with E-state index in [1.807, 2.05) is 30.3 Å². The molecule has 2 aromatic rings. The summed E-state index contributed by atoms with van der Waals surface area (Å²) in [6.07, 6.45) is 0. The topological polar surface area (TPSA) is 35.5 Å². The van der Waals surface area contributed by atoms with Gasteiger partial charge in [-0.25, -0.2) is 0 Å². The van der Waals surface area contributed by atoms with Crippen LogP contribution < -0.4 is 9.47 Å². The third kappa shape index (κ3) is 2.36. The quantitative estimate of drug-likeness (QED) is 0.639. The molecule has 1 aliphatic heterocycles. The molecule has 0 spiro atoms. The third-order valence-corrected chi connectivity index (χ3v) is 3.92. The van der Waals surface area contributed by atoms with E-state index in [0.717, 1.165) is 5.56 Å². The van der Waals surface area contributed by atoms with Crippen LogP contribution in [0.3, 0.4) is 0 Å². The number of hydrogen-bond donors (Lipinski definition) is 0. The highest BCUT2D eigenvalue weighted by atomic mass is 79.9. The number of carbonyl (C=O) groups is 1. The minimum absolute atomic E-state index is 0.00417. The van der Waals surface area contributed by atoms with Gasteiger partial charge in [0.2, 0.25) is 6.79 Å². The van der Waals surface area contributed by atoms with E-state index in [2.05, 4.69) is 15.9 Å². The summed E-state index contributed by atoms with van der Waals surface area (Å²) in [7, 11) is 0. The molecule has 19 heavy (non-hydrogen) atoms. The summed E-state index contributed by atoms with van der Waals surface area (Å²) in [5, 5.41) is 0. The number of benzene rings is 2. The predicted octanol–water partition coefficient (Wildman–Crippen LogP) is 3.73. The highest BCUT2D eigenvalue weighted by molar-refractivity contribution is 9.09. The van der Waals surface area contributed by atoms with Gasteiger partial charge in [0, 0.05) is 5.56 Å². The van der Waals surface area contributed by atoms with E-state index in [0.29, 0.717) is 17.1 Å². The average Bonchev–Trinajstić information content (AvgIpc) is 2.94. The van der Waals surface area contributed by atoms with Crippen LogP contribution in [0.4, 0.5) is 0 Å². The molecule has 0 bridgehead atoms. The van der Waals surface area contributed by atoms with Gasteiger partial charge in [-0.3, -0.25) is 4.79 Å². The normalized spacial score (nSPS) is 14.2. The van der Waals surface area contributed by atoms with Crippen molar-refractivity contribution >= 4 is 21.7 Å². The van der Waals surface area contributed by atoms with Crippen molar-refractivity contribution in [2.75, 3.05) is 6.79 Å². The Morgan fingerprint density at radius 1 is 1.05 bits per heavy atom. The number of Topliss-reactive ketones (excluding diaryl/α,β-unsaturated/α-hetero) is 1. The minimum atomic E-state index is -0.353. The lowest BCUT2D eigenvalue weighted by molar-refractivity contribution is 0.0991. The predicted molar refractivity (Wildman–Crippen MR) is 75.0 cm³/mol. The lowest BCUT2D eigenvalue weighted by atomic mass is 10.0. The molecule has 1 heterocycles. The molecule has 3 nitrogen and oxygen atoms in total. The molecule has 2 aromatic carbocycles. The molecular formula is C15H11BrO3. The standard InChI is InChI=1S/C15H11BrO3/c16-14(10-4-2-1-3-5-10)15(17)11-6-7-12-13(8-11)19-9-18-12/h1-8,14H,9H2. The molecular weight excluding hydrogens is 308 g/mol. The molecule has 0 saturated carbocycles. The van der Waals surface area contributed by atoms with Gasteiger partial charge in [-0.2, -0.15) is 0 Å². The Bertz CT molecular complexity index is 610. The van der Waals surface area contributed by atoms with E-state index in [9.17, 15) is 4.79 Å². The zero-order valence-electron chi connectivity index (χ0n) is 10.0. The molecule has 0 amide bonds. The highest BCUT2D eigenvalue weighted by Gasteiger charge is 2.21. The van der Waals surface area contributed by atoms with Crippen molar-refractivity contribution in [3.05, 3.63) is 59.7 Å². The largest absolute Gasteiger partial charge is 0.454 e. The third-order valence-electron chi connectivity index (χ3n) is 2.98. The van der Waals surface area contributed by atoms with Gasteiger partial charge < -0.3 is 9.47 Å². The molecule has 0 saturated heterocycles. The Balaban J connectivity index is 1.88. The Hall–Kier alpha value is -1.81. The van der Waals surface area contributed by atoms with Crippen LogP contribution in [0.2, 0.25) is 0 Å². The smallest absolute Gasteiger partial charge is 0.231 e. The van der Waals surface area contributed by atoms with Crippen molar-refractivity contribution in [1.82, 2.24) is 0 Å². The second-order valence-electron chi connectivity index (χ2n) is 4.21. The molecule has 1 unspecified atom stereocenters. The SMILES string of the molecule is O=C(c1ccc2c(c1)OCO2)C(Br)c1ccccc1. The van der Waals surface area contributed by atoms with Crippen LogP contribution in [0.25, 0.3) is 0 Å². The fourth-order valence-electron chi connectivity index (χ4n) is 1.97. The number of rotatable bonds is 3. The number of fused-ring (bicyclic) bond motifs is 1. The summed E-state index contributed by atoms with van der Waals surface area (Å²) < 4.78 is 10.5. The van der Waals surface area contributed by atoms with Crippen molar-refractivity contribution in [1.29, 1.82) is 0 Å². The van der Waals surface area contributed by atoms with Crippen molar-refractivity contribution in [2.45, 2.75) is 4.83 Å². The monoisotopic (exact) mass is 318 g/mol. The first-order valence-corrected chi connectivity index (χ1v) is 6.80. The molecule has 0 aromatic heterocycles. The van der Waals surface area contributed by atoms with Gasteiger partial charge in [0.05, 0.1) is 0 Å². The molecule has 0 fully saturated rings. The molecule has 1 aliphatic rings. The lowest BCUT2D eigenvalue weighted by Crippen LogP contribution is -2.06. The maximum Gasteiger partial charge on any atom is 0.231 e. The van der Waals surface area contributed by atoms with Crippen molar-refractivity contribution in [3.63, 3.8) is 0 Å². The first kappa shape index (κ1) is 12.2. The number of ether oxygens (including phenoxy) is 2. The number of hydrogen-bond acceptors (Lipinski definition) is 3. The van der Waals surface area contributed by atoms with Crippen molar-refractivity contribution in [2.24, 2.45) is 0 Å². The summed E-state index contributed by atoms with van der Waals surface area (Å²) >= 11 is 3.45. The van der Waals surface area contributed by atoms with Crippen molar-refractivity contribution < 1.29 is 14.3 Å². The van der Waals surface area contributed by atoms with Gasteiger partial charge in [0.1, 0.15) is 4.83 Å². The second-order valence-corrected chi connectivity index (χ2v) is 5.12. The molecule has 0 radical (unpaired) electrons. The zero-order valence-corrected chi connectivity index (χ0v) is 11.6. The van der Waals surface area contributed by atoms with Gasteiger partial charge in [-0.1, -0.05) is 46.3 Å². The zero-order chi connectivity index (χ0) is 13.2. The summed E-state index contributed by atoms with van der Waals surface area (Å²) in [5.74, 6) is 1.31. The molecule has 1 atom stereocenters. The fourth-order valence-corrected chi connectivity index (χ4v) is 2.54. The van der Waals surface area contributed by atoms with E-state index in [4.69, 9.17) is 9.47 Å². The Kier molecular flexibility index (Phi) is 3.25. The van der Waals surface area contributed by atoms with Gasteiger partial charge in [-0.15, -0.1) is 0 Å². The lowest BCUT2D eigenvalue weighted by Gasteiger charge is -2.09.